The Morgan fingerprint density at radius 2 is 2.29 bits per heavy atom. The standard InChI is InChI=1S/C11H23N3O3/c1-9-8-17-10(7-15)6-14(9)5-3-2-4-11(12)13-16/h9-10,15-16H,2-8H2,1H3,(H2,12,13). The van der Waals surface area contributed by atoms with Crippen LogP contribution in [0.3, 0.4) is 0 Å². The van der Waals surface area contributed by atoms with Crippen molar-refractivity contribution < 1.29 is 15.1 Å². The molecule has 1 aliphatic rings. The summed E-state index contributed by atoms with van der Waals surface area (Å²) in [6.45, 7) is 4.61. The number of aliphatic hydroxyl groups is 1. The molecule has 0 saturated carbocycles. The Morgan fingerprint density at radius 1 is 1.53 bits per heavy atom. The first-order valence-corrected chi connectivity index (χ1v) is 6.10. The lowest BCUT2D eigenvalue weighted by Gasteiger charge is -2.37. The van der Waals surface area contributed by atoms with Crippen molar-refractivity contribution in [1.29, 1.82) is 0 Å². The van der Waals surface area contributed by atoms with E-state index < -0.39 is 0 Å². The van der Waals surface area contributed by atoms with Crippen molar-refractivity contribution in [3.05, 3.63) is 0 Å². The topological polar surface area (TPSA) is 91.3 Å². The van der Waals surface area contributed by atoms with E-state index in [0.29, 0.717) is 19.1 Å². The summed E-state index contributed by atoms with van der Waals surface area (Å²) in [7, 11) is 0. The molecule has 4 N–H and O–H groups in total. The van der Waals surface area contributed by atoms with E-state index in [1.54, 1.807) is 0 Å². The van der Waals surface area contributed by atoms with E-state index in [1.165, 1.54) is 0 Å². The summed E-state index contributed by atoms with van der Waals surface area (Å²) < 4.78 is 5.47. The second kappa shape index (κ2) is 7.47. The molecular formula is C11H23N3O3. The highest BCUT2D eigenvalue weighted by Gasteiger charge is 2.24. The van der Waals surface area contributed by atoms with Gasteiger partial charge in [0.1, 0.15) is 5.84 Å². The van der Waals surface area contributed by atoms with Crippen LogP contribution in [0.4, 0.5) is 0 Å². The Kier molecular flexibility index (Phi) is 6.25. The Labute approximate surface area is 102 Å². The van der Waals surface area contributed by atoms with Gasteiger partial charge in [-0.1, -0.05) is 5.16 Å². The number of hydrogen-bond donors (Lipinski definition) is 3. The first-order valence-electron chi connectivity index (χ1n) is 6.10. The smallest absolute Gasteiger partial charge is 0.139 e. The number of rotatable bonds is 6. The second-order valence-electron chi connectivity index (χ2n) is 4.53. The Balaban J connectivity index is 2.20. The van der Waals surface area contributed by atoms with Crippen molar-refractivity contribution >= 4 is 5.84 Å². The SMILES string of the molecule is CC1COC(CO)CN1CCCCC(N)=NO. The number of aliphatic hydroxyl groups excluding tert-OH is 1. The molecule has 1 rings (SSSR count). The summed E-state index contributed by atoms with van der Waals surface area (Å²) >= 11 is 0. The molecule has 0 amide bonds. The van der Waals surface area contributed by atoms with Gasteiger partial charge in [0.05, 0.1) is 19.3 Å². The normalized spacial score (nSPS) is 27.3. The minimum atomic E-state index is -0.0599. The lowest BCUT2D eigenvalue weighted by Crippen LogP contribution is -2.49. The van der Waals surface area contributed by atoms with Gasteiger partial charge in [-0.05, 0) is 26.3 Å². The lowest BCUT2D eigenvalue weighted by atomic mass is 10.1. The van der Waals surface area contributed by atoms with Crippen LogP contribution < -0.4 is 5.73 Å². The number of hydrogen-bond acceptors (Lipinski definition) is 5. The molecule has 1 aliphatic heterocycles. The first kappa shape index (κ1) is 14.2. The van der Waals surface area contributed by atoms with E-state index in [4.69, 9.17) is 20.8 Å². The molecule has 0 aromatic rings. The predicted octanol–water partition coefficient (Wildman–Crippen LogP) is -0.0153. The fraction of sp³-hybridized carbons (Fsp3) is 0.909. The zero-order valence-corrected chi connectivity index (χ0v) is 10.4. The monoisotopic (exact) mass is 245 g/mol. The van der Waals surface area contributed by atoms with Crippen LogP contribution in [0.2, 0.25) is 0 Å². The zero-order valence-electron chi connectivity index (χ0n) is 10.4. The molecule has 6 heteroatoms. The van der Waals surface area contributed by atoms with Crippen LogP contribution in [-0.2, 0) is 4.74 Å². The molecule has 0 spiro atoms. The van der Waals surface area contributed by atoms with Crippen LogP contribution in [0, 0.1) is 0 Å². The van der Waals surface area contributed by atoms with Crippen molar-refractivity contribution in [3.63, 3.8) is 0 Å². The van der Waals surface area contributed by atoms with Gasteiger partial charge < -0.3 is 20.8 Å². The number of oxime groups is 1. The van der Waals surface area contributed by atoms with Gasteiger partial charge in [0.25, 0.3) is 0 Å². The fourth-order valence-corrected chi connectivity index (χ4v) is 1.97. The van der Waals surface area contributed by atoms with Crippen molar-refractivity contribution in [2.24, 2.45) is 10.9 Å². The maximum atomic E-state index is 9.06. The molecule has 1 saturated heterocycles. The molecule has 0 radical (unpaired) electrons. The van der Waals surface area contributed by atoms with Gasteiger partial charge in [0, 0.05) is 19.0 Å². The molecule has 2 unspecified atom stereocenters. The Hall–Kier alpha value is -0.850. The Bertz CT molecular complexity index is 248. The van der Waals surface area contributed by atoms with Gasteiger partial charge in [-0.25, -0.2) is 0 Å². The summed E-state index contributed by atoms with van der Waals surface area (Å²) in [6.07, 6.45) is 2.47. The molecule has 100 valence electrons. The molecule has 0 bridgehead atoms. The lowest BCUT2D eigenvalue weighted by molar-refractivity contribution is -0.0779. The second-order valence-corrected chi connectivity index (χ2v) is 4.53. The van der Waals surface area contributed by atoms with E-state index in [1.807, 2.05) is 0 Å². The Morgan fingerprint density at radius 3 is 2.94 bits per heavy atom. The average molecular weight is 245 g/mol. The van der Waals surface area contributed by atoms with Crippen LogP contribution in [0.1, 0.15) is 26.2 Å². The van der Waals surface area contributed by atoms with E-state index in [9.17, 15) is 0 Å². The van der Waals surface area contributed by atoms with E-state index in [0.717, 1.165) is 25.9 Å². The number of ether oxygens (including phenoxy) is 1. The van der Waals surface area contributed by atoms with Crippen LogP contribution >= 0.6 is 0 Å². The van der Waals surface area contributed by atoms with Crippen molar-refractivity contribution in [1.82, 2.24) is 4.90 Å². The summed E-state index contributed by atoms with van der Waals surface area (Å²) in [5, 5.41) is 20.4. The van der Waals surface area contributed by atoms with Gasteiger partial charge in [0.15, 0.2) is 0 Å². The molecule has 0 aromatic carbocycles. The minimum Gasteiger partial charge on any atom is -0.409 e. The molecule has 1 fully saturated rings. The molecule has 17 heavy (non-hydrogen) atoms. The molecule has 2 atom stereocenters. The van der Waals surface area contributed by atoms with Crippen LogP contribution in [-0.4, -0.2) is 59.5 Å². The number of amidine groups is 1. The fourth-order valence-electron chi connectivity index (χ4n) is 1.97. The van der Waals surface area contributed by atoms with E-state index in [2.05, 4.69) is 17.0 Å². The maximum absolute atomic E-state index is 9.06. The summed E-state index contributed by atoms with van der Waals surface area (Å²) in [4.78, 5) is 2.32. The third-order valence-corrected chi connectivity index (χ3v) is 3.09. The highest BCUT2D eigenvalue weighted by molar-refractivity contribution is 5.79. The minimum absolute atomic E-state index is 0.0599. The molecule has 1 heterocycles. The van der Waals surface area contributed by atoms with Crippen LogP contribution in [0.5, 0.6) is 0 Å². The number of nitrogens with zero attached hydrogens (tertiary/aromatic N) is 2. The largest absolute Gasteiger partial charge is 0.409 e. The maximum Gasteiger partial charge on any atom is 0.139 e. The van der Waals surface area contributed by atoms with Crippen LogP contribution in [0.25, 0.3) is 0 Å². The van der Waals surface area contributed by atoms with Gasteiger partial charge in [-0.3, -0.25) is 4.90 Å². The van der Waals surface area contributed by atoms with Gasteiger partial charge in [0.2, 0.25) is 0 Å². The summed E-state index contributed by atoms with van der Waals surface area (Å²) in [5.41, 5.74) is 5.40. The molecule has 6 nitrogen and oxygen atoms in total. The number of unbranched alkanes of at least 4 members (excludes halogenated alkanes) is 1. The number of morpholine rings is 1. The average Bonchev–Trinajstić information content (AvgIpc) is 2.36. The van der Waals surface area contributed by atoms with Gasteiger partial charge in [-0.15, -0.1) is 0 Å². The molecular weight excluding hydrogens is 222 g/mol. The molecule has 0 aliphatic carbocycles. The predicted molar refractivity (Wildman–Crippen MR) is 65.1 cm³/mol. The zero-order chi connectivity index (χ0) is 12.7. The van der Waals surface area contributed by atoms with Gasteiger partial charge in [-0.2, -0.15) is 0 Å². The third kappa shape index (κ3) is 4.89. The highest BCUT2D eigenvalue weighted by atomic mass is 16.5. The highest BCUT2D eigenvalue weighted by Crippen LogP contribution is 2.12. The van der Waals surface area contributed by atoms with Crippen molar-refractivity contribution in [2.75, 3.05) is 26.3 Å². The van der Waals surface area contributed by atoms with E-state index in [-0.39, 0.29) is 18.5 Å². The third-order valence-electron chi connectivity index (χ3n) is 3.09. The molecule has 0 aromatic heterocycles. The van der Waals surface area contributed by atoms with Gasteiger partial charge >= 0.3 is 0 Å². The van der Waals surface area contributed by atoms with E-state index >= 15 is 0 Å². The van der Waals surface area contributed by atoms with Crippen molar-refractivity contribution in [3.8, 4) is 0 Å². The quantitative estimate of drug-likeness (QED) is 0.201. The first-order chi connectivity index (χ1) is 8.17. The van der Waals surface area contributed by atoms with Crippen molar-refractivity contribution in [2.45, 2.75) is 38.3 Å². The summed E-state index contributed by atoms with van der Waals surface area (Å²) in [6, 6.07) is 0.390. The summed E-state index contributed by atoms with van der Waals surface area (Å²) in [5.74, 6) is 0.285. The van der Waals surface area contributed by atoms with Crippen LogP contribution in [0.15, 0.2) is 5.16 Å². The number of nitrogens with two attached hydrogens (primary N) is 1.